The van der Waals surface area contributed by atoms with Crippen molar-refractivity contribution >= 4 is 11.8 Å². The maximum atomic E-state index is 11.2. The van der Waals surface area contributed by atoms with Gasteiger partial charge in [-0.1, -0.05) is 0 Å². The Morgan fingerprint density at radius 2 is 2.20 bits per heavy atom. The molecule has 1 N–H and O–H groups in total. The molecule has 1 saturated heterocycles. The van der Waals surface area contributed by atoms with E-state index in [4.69, 9.17) is 5.26 Å². The average molecular weight is 220 g/mol. The fraction of sp³-hybridized carbons (Fsp3) is 0.455. The van der Waals surface area contributed by atoms with Crippen molar-refractivity contribution in [2.24, 2.45) is 0 Å². The SMILES string of the molecule is N#Cc1cc(C2CCSCC2)c[nH]c1=O. The first kappa shape index (κ1) is 10.3. The molecule has 0 unspecified atom stereocenters. The summed E-state index contributed by atoms with van der Waals surface area (Å²) in [4.78, 5) is 13.8. The van der Waals surface area contributed by atoms with Gasteiger partial charge in [0.1, 0.15) is 11.6 Å². The van der Waals surface area contributed by atoms with Crippen LogP contribution in [-0.4, -0.2) is 16.5 Å². The van der Waals surface area contributed by atoms with Crippen molar-refractivity contribution in [2.75, 3.05) is 11.5 Å². The average Bonchev–Trinajstić information content (AvgIpc) is 2.31. The van der Waals surface area contributed by atoms with Crippen molar-refractivity contribution in [1.82, 2.24) is 4.98 Å². The summed E-state index contributed by atoms with van der Waals surface area (Å²) in [5.74, 6) is 2.85. The number of nitrogens with one attached hydrogen (secondary N) is 1. The van der Waals surface area contributed by atoms with E-state index in [0.717, 1.165) is 18.4 Å². The molecule has 1 aliphatic heterocycles. The zero-order valence-corrected chi connectivity index (χ0v) is 9.14. The van der Waals surface area contributed by atoms with E-state index in [1.54, 1.807) is 12.3 Å². The largest absolute Gasteiger partial charge is 0.328 e. The van der Waals surface area contributed by atoms with Crippen LogP contribution >= 0.6 is 11.8 Å². The minimum absolute atomic E-state index is 0.228. The fourth-order valence-electron chi connectivity index (χ4n) is 1.85. The molecule has 15 heavy (non-hydrogen) atoms. The van der Waals surface area contributed by atoms with Crippen molar-refractivity contribution in [2.45, 2.75) is 18.8 Å². The monoisotopic (exact) mass is 220 g/mol. The maximum Gasteiger partial charge on any atom is 0.265 e. The molecule has 0 saturated carbocycles. The van der Waals surface area contributed by atoms with Crippen LogP contribution in [0.4, 0.5) is 0 Å². The lowest BCUT2D eigenvalue weighted by molar-refractivity contribution is 0.634. The predicted molar refractivity (Wildman–Crippen MR) is 61.1 cm³/mol. The third-order valence-corrected chi connectivity index (χ3v) is 3.79. The third kappa shape index (κ3) is 2.24. The molecule has 2 heterocycles. The normalized spacial score (nSPS) is 17.3. The molecule has 3 nitrogen and oxygen atoms in total. The third-order valence-electron chi connectivity index (χ3n) is 2.74. The molecule has 4 heteroatoms. The van der Waals surface area contributed by atoms with Gasteiger partial charge in [0.05, 0.1) is 0 Å². The number of hydrogen-bond acceptors (Lipinski definition) is 3. The van der Waals surface area contributed by atoms with Crippen LogP contribution in [0.2, 0.25) is 0 Å². The number of hydrogen-bond donors (Lipinski definition) is 1. The molecule has 1 aliphatic rings. The molecule has 1 aromatic heterocycles. The van der Waals surface area contributed by atoms with Crippen LogP contribution in [0.1, 0.15) is 29.9 Å². The highest BCUT2D eigenvalue weighted by Gasteiger charge is 2.16. The van der Waals surface area contributed by atoms with Gasteiger partial charge in [0.15, 0.2) is 0 Å². The number of aromatic nitrogens is 1. The van der Waals surface area contributed by atoms with E-state index < -0.39 is 0 Å². The minimum Gasteiger partial charge on any atom is -0.328 e. The summed E-state index contributed by atoms with van der Waals surface area (Å²) in [5, 5.41) is 8.77. The van der Waals surface area contributed by atoms with Gasteiger partial charge in [-0.2, -0.15) is 17.0 Å². The Labute approximate surface area is 92.5 Å². The molecule has 1 aromatic rings. The minimum atomic E-state index is -0.286. The second-order valence-corrected chi connectivity index (χ2v) is 4.90. The number of nitriles is 1. The summed E-state index contributed by atoms with van der Waals surface area (Å²) in [6, 6.07) is 3.66. The predicted octanol–water partition coefficient (Wildman–Crippen LogP) is 1.86. The Morgan fingerprint density at radius 1 is 1.47 bits per heavy atom. The summed E-state index contributed by atoms with van der Waals surface area (Å²) in [5.41, 5.74) is 1.05. The van der Waals surface area contributed by atoms with Gasteiger partial charge in [0, 0.05) is 6.20 Å². The van der Waals surface area contributed by atoms with Crippen molar-refractivity contribution in [3.05, 3.63) is 33.7 Å². The summed E-state index contributed by atoms with van der Waals surface area (Å²) < 4.78 is 0. The van der Waals surface area contributed by atoms with Gasteiger partial charge in [-0.05, 0) is 41.9 Å². The smallest absolute Gasteiger partial charge is 0.265 e. The Morgan fingerprint density at radius 3 is 2.87 bits per heavy atom. The first-order chi connectivity index (χ1) is 7.31. The second-order valence-electron chi connectivity index (χ2n) is 3.67. The molecule has 2 rings (SSSR count). The lowest BCUT2D eigenvalue weighted by atomic mass is 9.94. The molecule has 0 atom stereocenters. The lowest BCUT2D eigenvalue weighted by Crippen LogP contribution is -2.14. The standard InChI is InChI=1S/C11H12N2OS/c12-6-9-5-10(7-13-11(9)14)8-1-3-15-4-2-8/h5,7-8H,1-4H2,(H,13,14). The van der Waals surface area contributed by atoms with Crippen LogP contribution < -0.4 is 5.56 Å². The first-order valence-corrected chi connectivity index (χ1v) is 6.17. The zero-order chi connectivity index (χ0) is 10.7. The number of pyridine rings is 1. The van der Waals surface area contributed by atoms with Crippen molar-refractivity contribution in [1.29, 1.82) is 5.26 Å². The number of nitrogens with zero attached hydrogens (tertiary/aromatic N) is 1. The zero-order valence-electron chi connectivity index (χ0n) is 8.32. The number of thioether (sulfide) groups is 1. The first-order valence-electron chi connectivity index (χ1n) is 5.01. The Kier molecular flexibility index (Phi) is 3.12. The highest BCUT2D eigenvalue weighted by Crippen LogP contribution is 2.30. The van der Waals surface area contributed by atoms with E-state index in [1.165, 1.54) is 11.5 Å². The number of aromatic amines is 1. The highest BCUT2D eigenvalue weighted by atomic mass is 32.2. The quantitative estimate of drug-likeness (QED) is 0.786. The molecule has 0 bridgehead atoms. The van der Waals surface area contributed by atoms with E-state index >= 15 is 0 Å². The van der Waals surface area contributed by atoms with E-state index in [1.807, 2.05) is 17.8 Å². The summed E-state index contributed by atoms with van der Waals surface area (Å²) >= 11 is 1.97. The van der Waals surface area contributed by atoms with Crippen molar-refractivity contribution < 1.29 is 0 Å². The van der Waals surface area contributed by atoms with Crippen molar-refractivity contribution in [3.63, 3.8) is 0 Å². The second kappa shape index (κ2) is 4.54. The van der Waals surface area contributed by atoms with Gasteiger partial charge >= 0.3 is 0 Å². The number of H-pyrrole nitrogens is 1. The molecule has 0 spiro atoms. The summed E-state index contributed by atoms with van der Waals surface area (Å²) in [7, 11) is 0. The van der Waals surface area contributed by atoms with Gasteiger partial charge in [-0.3, -0.25) is 4.79 Å². The van der Waals surface area contributed by atoms with Crippen LogP contribution in [-0.2, 0) is 0 Å². The van der Waals surface area contributed by atoms with Gasteiger partial charge in [-0.25, -0.2) is 0 Å². The molecule has 0 amide bonds. The summed E-state index contributed by atoms with van der Waals surface area (Å²) in [6.45, 7) is 0. The van der Waals surface area contributed by atoms with Crippen LogP contribution in [0.3, 0.4) is 0 Å². The Hall–Kier alpha value is -1.21. The van der Waals surface area contributed by atoms with Gasteiger partial charge in [0.2, 0.25) is 0 Å². The van der Waals surface area contributed by atoms with Gasteiger partial charge in [-0.15, -0.1) is 0 Å². The van der Waals surface area contributed by atoms with Gasteiger partial charge < -0.3 is 4.98 Å². The lowest BCUT2D eigenvalue weighted by Gasteiger charge is -2.21. The molecule has 0 aliphatic carbocycles. The Balaban J connectivity index is 2.29. The van der Waals surface area contributed by atoms with Crippen LogP contribution in [0.15, 0.2) is 17.1 Å². The highest BCUT2D eigenvalue weighted by molar-refractivity contribution is 7.99. The molecule has 78 valence electrons. The topological polar surface area (TPSA) is 56.6 Å². The fourth-order valence-corrected chi connectivity index (χ4v) is 2.96. The molecular weight excluding hydrogens is 208 g/mol. The van der Waals surface area contributed by atoms with E-state index in [2.05, 4.69) is 4.98 Å². The molecule has 1 fully saturated rings. The van der Waals surface area contributed by atoms with Crippen LogP contribution in [0.5, 0.6) is 0 Å². The molecular formula is C11H12N2OS. The van der Waals surface area contributed by atoms with E-state index in [0.29, 0.717) is 5.92 Å². The van der Waals surface area contributed by atoms with Crippen LogP contribution in [0, 0.1) is 11.3 Å². The molecule has 0 radical (unpaired) electrons. The summed E-state index contributed by atoms with van der Waals surface area (Å²) in [6.07, 6.45) is 4.03. The number of rotatable bonds is 1. The van der Waals surface area contributed by atoms with E-state index in [9.17, 15) is 4.79 Å². The van der Waals surface area contributed by atoms with Crippen molar-refractivity contribution in [3.8, 4) is 6.07 Å². The maximum absolute atomic E-state index is 11.2. The van der Waals surface area contributed by atoms with Crippen LogP contribution in [0.25, 0.3) is 0 Å². The Bertz CT molecular complexity index is 441. The van der Waals surface area contributed by atoms with Gasteiger partial charge in [0.25, 0.3) is 5.56 Å². The van der Waals surface area contributed by atoms with E-state index in [-0.39, 0.29) is 11.1 Å². The molecule has 0 aromatic carbocycles.